The van der Waals surface area contributed by atoms with Crippen LogP contribution in [0.3, 0.4) is 0 Å². The number of phenols is 1. The van der Waals surface area contributed by atoms with E-state index in [0.717, 1.165) is 88.0 Å². The number of phenolic OH excluding ortho intramolecular Hbond substituents is 1. The molecule has 2 aromatic carbocycles. The number of benzene rings is 2. The molecule has 4 saturated heterocycles. The van der Waals surface area contributed by atoms with E-state index in [9.17, 15) is 82.3 Å². The number of aromatic nitrogens is 2. The first kappa shape index (κ1) is 71.6. The van der Waals surface area contributed by atoms with E-state index in [1.807, 2.05) is 7.11 Å². The fourth-order valence-corrected chi connectivity index (χ4v) is 15.7. The van der Waals surface area contributed by atoms with Crippen molar-refractivity contribution in [1.29, 1.82) is 0 Å². The number of methoxy groups -OCH3 is 1. The number of aliphatic hydroxyl groups is 6. The number of nitrogens with one attached hydrogen (secondary N) is 5. The van der Waals surface area contributed by atoms with Crippen molar-refractivity contribution in [1.82, 2.24) is 46.6 Å². The van der Waals surface area contributed by atoms with Crippen molar-refractivity contribution in [3.8, 4) is 22.1 Å². The average Bonchev–Trinajstić information content (AvgIpc) is 1.47. The molecule has 1 unspecified atom stereocenters. The average molecular weight is 1360 g/mol. The highest BCUT2D eigenvalue weighted by atomic mass is 32.3. The summed E-state index contributed by atoms with van der Waals surface area (Å²) in [4.78, 5) is 104. The van der Waals surface area contributed by atoms with Gasteiger partial charge in [-0.2, -0.15) is 8.42 Å². The lowest BCUT2D eigenvalue weighted by molar-refractivity contribution is -0.147. The van der Waals surface area contributed by atoms with Gasteiger partial charge >= 0.3 is 10.4 Å². The number of piperidine rings is 1. The molecule has 2 saturated carbocycles. The van der Waals surface area contributed by atoms with E-state index in [1.165, 1.54) is 46.0 Å². The Morgan fingerprint density at radius 1 is 0.798 bits per heavy atom. The number of fused-ring (bicyclic) bond motifs is 2. The molecule has 6 aliphatic rings. The number of primary amides is 1. The molecule has 94 heavy (non-hydrogen) atoms. The maximum Gasteiger partial charge on any atom is 0.446 e. The van der Waals surface area contributed by atoms with Gasteiger partial charge in [0.25, 0.3) is 0 Å². The Hall–Kier alpha value is -6.72. The molecule has 1 aromatic heterocycles. The van der Waals surface area contributed by atoms with Crippen molar-refractivity contribution in [2.75, 3.05) is 51.3 Å². The molecule has 0 spiro atoms. The number of anilines is 1. The van der Waals surface area contributed by atoms with E-state index < -0.39 is 181 Å². The van der Waals surface area contributed by atoms with Crippen molar-refractivity contribution in [2.45, 2.75) is 195 Å². The molecule has 2 aliphatic carbocycles. The first-order valence-corrected chi connectivity index (χ1v) is 34.4. The van der Waals surface area contributed by atoms with Crippen LogP contribution in [-0.4, -0.2) is 235 Å². The number of nitrogens with two attached hydrogens (primary N) is 1. The van der Waals surface area contributed by atoms with Gasteiger partial charge in [-0.15, -0.1) is 10.2 Å². The second kappa shape index (κ2) is 31.0. The molecule has 15 N–H and O–H groups in total. The van der Waals surface area contributed by atoms with Gasteiger partial charge in [0.1, 0.15) is 40.2 Å². The molecule has 6 fully saturated rings. The van der Waals surface area contributed by atoms with E-state index in [0.29, 0.717) is 18.8 Å². The van der Waals surface area contributed by atoms with Crippen LogP contribution in [-0.2, 0) is 55.1 Å². The Bertz CT molecular complexity index is 3290. The SMILES string of the molecule is COC1(C2CCCCC2)CCN(c2ccc(-c3nnc(C4CCC(CNC5C[C@@H](O)CNC(=O)[C@@H]6[C@@H](O)[C@@H](C)CN6C(=O)[C@H]([C@H](O)CC(N)=O)NC(=O)[C@H]([C@H](O)Cc6ccc(O)c(OS(=O)(=O)O)c6)NC(=O)[C@@H]6C[C@@H](O)CN6C(=O)[C@H]([C@@H](C)O)NC5=O)CC4)s3)cc2)CC1. The highest BCUT2D eigenvalue weighted by molar-refractivity contribution is 7.81. The summed E-state index contributed by atoms with van der Waals surface area (Å²) in [6.07, 6.45) is -1.97. The Kier molecular flexibility index (Phi) is 23.6. The fraction of sp³-hybridized carbons (Fsp3) is 0.661. The highest BCUT2D eigenvalue weighted by Gasteiger charge is 2.50. The number of carbonyl (C=O) groups excluding carboxylic acids is 7. The largest absolute Gasteiger partial charge is 0.504 e. The summed E-state index contributed by atoms with van der Waals surface area (Å²) < 4.78 is 43.1. The van der Waals surface area contributed by atoms with Crippen LogP contribution < -0.4 is 41.4 Å². The Labute approximate surface area is 548 Å². The van der Waals surface area contributed by atoms with Crippen LogP contribution in [0.5, 0.6) is 11.5 Å². The molecule has 7 amide bonds. The van der Waals surface area contributed by atoms with Crippen LogP contribution in [0.4, 0.5) is 5.69 Å². The number of amides is 7. The van der Waals surface area contributed by atoms with E-state index in [2.05, 4.69) is 70.1 Å². The van der Waals surface area contributed by atoms with Crippen LogP contribution in [0, 0.1) is 17.8 Å². The molecule has 9 rings (SSSR count). The van der Waals surface area contributed by atoms with E-state index in [1.54, 1.807) is 11.3 Å². The standard InChI is InChI=1S/C62H89N11O19S2/c1-32-30-73-52(53(32)81)57(85)65-29-40(75)25-42(64-28-34-9-12-36(13-10-34)58-69-70-59(93-58)37-14-16-39(17-15-37)71-21-19-62(91-3,20-22-71)38-7-5-4-6-8-38)54(82)66-49(33(2)74)60(86)72-31-41(76)26-43(72)55(83)67-50(56(84)68-51(61(73)87)46(79)27-48(63)80)45(78)23-35-11-18-44(77)47(24-35)92-94(88,89)90/h11,14-18,24,32-34,36,38,40-43,45-46,49-53,64,74-79,81H,4-10,12-13,19-23,25-31H2,1-3H3,(H2,63,80)(H,65,85)(H,66,82)(H,67,83)(H,68,84)(H,88,89,90)/t32-,33+,34?,36?,40+,41+,42?,43-,45+,46+,49-,50-,51-,52-,53-/m0/s1. The Morgan fingerprint density at radius 3 is 2.11 bits per heavy atom. The van der Waals surface area contributed by atoms with Gasteiger partial charge in [0, 0.05) is 75.8 Å². The molecule has 0 radical (unpaired) electrons. The van der Waals surface area contributed by atoms with Gasteiger partial charge in [0.15, 0.2) is 11.5 Å². The van der Waals surface area contributed by atoms with E-state index >= 15 is 0 Å². The summed E-state index contributed by atoms with van der Waals surface area (Å²) in [5.74, 6) is -9.87. The lowest BCUT2D eigenvalue weighted by atomic mass is 9.72. The van der Waals surface area contributed by atoms with E-state index in [-0.39, 0.29) is 36.1 Å². The van der Waals surface area contributed by atoms with Crippen molar-refractivity contribution in [3.05, 3.63) is 53.0 Å². The van der Waals surface area contributed by atoms with Gasteiger partial charge in [0.2, 0.25) is 41.4 Å². The summed E-state index contributed by atoms with van der Waals surface area (Å²) in [5, 5.41) is 103. The molecule has 13 atom stereocenters. The monoisotopic (exact) mass is 1360 g/mol. The third-order valence-corrected chi connectivity index (χ3v) is 21.2. The summed E-state index contributed by atoms with van der Waals surface area (Å²) in [6, 6.07) is 0.270. The molecule has 32 heteroatoms. The van der Waals surface area contributed by atoms with Crippen LogP contribution in [0.2, 0.25) is 0 Å². The second-order valence-electron chi connectivity index (χ2n) is 26.2. The number of ether oxygens (including phenoxy) is 1. The topological polar surface area (TPSA) is 456 Å². The zero-order valence-electron chi connectivity index (χ0n) is 52.8. The molecule has 3 aromatic rings. The predicted octanol–water partition coefficient (Wildman–Crippen LogP) is -1.38. The summed E-state index contributed by atoms with van der Waals surface area (Å²) >= 11 is 1.55. The first-order valence-electron chi connectivity index (χ1n) is 32.2. The van der Waals surface area contributed by atoms with Crippen LogP contribution in [0.25, 0.3) is 10.6 Å². The lowest BCUT2D eigenvalue weighted by Crippen LogP contribution is -2.64. The minimum atomic E-state index is -5.22. The molecular weight excluding hydrogens is 1270 g/mol. The number of aliphatic hydroxyl groups excluding tert-OH is 6. The number of hydrogen-bond donors (Lipinski definition) is 14. The zero-order valence-corrected chi connectivity index (χ0v) is 54.5. The second-order valence-corrected chi connectivity index (χ2v) is 28.2. The molecule has 0 bridgehead atoms. The molecular formula is C62H89N11O19S2. The number of carbonyl (C=O) groups is 7. The highest BCUT2D eigenvalue weighted by Crippen LogP contribution is 2.43. The van der Waals surface area contributed by atoms with Crippen molar-refractivity contribution >= 4 is 68.8 Å². The number of hydrogen-bond acceptors (Lipinski definition) is 23. The van der Waals surface area contributed by atoms with Crippen molar-refractivity contribution < 1.29 is 91.2 Å². The molecule has 30 nitrogen and oxygen atoms in total. The lowest BCUT2D eigenvalue weighted by Gasteiger charge is -2.47. The number of β-amino-alcohol motifs (C(OH)–C–C–N with tert-alkyl or cyclic N) is 1. The summed E-state index contributed by atoms with van der Waals surface area (Å²) in [5.41, 5.74) is 7.38. The summed E-state index contributed by atoms with van der Waals surface area (Å²) in [6.45, 7) is 3.25. The quantitative estimate of drug-likeness (QED) is 0.0692. The molecule has 518 valence electrons. The third kappa shape index (κ3) is 17.3. The first-order chi connectivity index (χ1) is 44.6. The third-order valence-electron chi connectivity index (χ3n) is 19.6. The minimum absolute atomic E-state index is 0.00178. The van der Waals surface area contributed by atoms with Gasteiger partial charge in [-0.25, -0.2) is 0 Å². The van der Waals surface area contributed by atoms with Crippen LogP contribution >= 0.6 is 11.3 Å². The predicted molar refractivity (Wildman–Crippen MR) is 337 cm³/mol. The van der Waals surface area contributed by atoms with Crippen molar-refractivity contribution in [2.24, 2.45) is 23.5 Å². The maximum absolute atomic E-state index is 14.7. The Balaban J connectivity index is 0.918. The van der Waals surface area contributed by atoms with Gasteiger partial charge in [-0.05, 0) is 125 Å². The zero-order chi connectivity index (χ0) is 67.9. The van der Waals surface area contributed by atoms with Gasteiger partial charge in [-0.3, -0.25) is 38.1 Å². The Morgan fingerprint density at radius 2 is 1.46 bits per heavy atom. The number of aromatic hydroxyl groups is 1. The van der Waals surface area contributed by atoms with Gasteiger partial charge in [0.05, 0.1) is 54.7 Å². The number of nitrogens with zero attached hydrogens (tertiary/aromatic N) is 5. The molecule has 4 aliphatic heterocycles. The minimum Gasteiger partial charge on any atom is -0.504 e. The van der Waals surface area contributed by atoms with Crippen LogP contribution in [0.15, 0.2) is 42.5 Å². The fourth-order valence-electron chi connectivity index (χ4n) is 14.3. The molecule has 5 heterocycles. The van der Waals surface area contributed by atoms with Gasteiger partial charge < -0.3 is 91.7 Å². The van der Waals surface area contributed by atoms with Crippen LogP contribution in [0.1, 0.15) is 120 Å². The maximum atomic E-state index is 14.7. The normalized spacial score (nSPS) is 30.0. The van der Waals surface area contributed by atoms with Gasteiger partial charge in [-0.1, -0.05) is 43.6 Å². The number of rotatable bonds is 17. The van der Waals surface area contributed by atoms with Crippen molar-refractivity contribution in [3.63, 3.8) is 0 Å². The van der Waals surface area contributed by atoms with E-state index in [4.69, 9.17) is 10.5 Å². The smallest absolute Gasteiger partial charge is 0.446 e. The summed E-state index contributed by atoms with van der Waals surface area (Å²) in [7, 11) is -3.35.